The number of alkyl carbamates (subject to hydrolysis) is 1. The van der Waals surface area contributed by atoms with Crippen molar-refractivity contribution >= 4 is 63.8 Å². The van der Waals surface area contributed by atoms with Gasteiger partial charge in [-0.15, -0.1) is 0 Å². The highest BCUT2D eigenvalue weighted by atomic mass is 32.2. The van der Waals surface area contributed by atoms with E-state index in [9.17, 15) is 39.4 Å². The molecule has 2 saturated heterocycles. The van der Waals surface area contributed by atoms with Gasteiger partial charge in [0, 0.05) is 81.8 Å². The molecular weight excluding hydrogens is 767 g/mol. The summed E-state index contributed by atoms with van der Waals surface area (Å²) in [6.07, 6.45) is 1.31. The molecule has 3 aromatic rings. The van der Waals surface area contributed by atoms with Crippen molar-refractivity contribution in [3.05, 3.63) is 61.7 Å². The number of carbonyl (C=O) groups is 4. The average molecular weight is 814 g/mol. The number of rotatable bonds is 22. The molecule has 0 aliphatic carbocycles. The first-order valence-electron chi connectivity index (χ1n) is 18.7. The number of amides is 5. The summed E-state index contributed by atoms with van der Waals surface area (Å²) in [5.74, 6) is 0.614. The summed E-state index contributed by atoms with van der Waals surface area (Å²) in [5.41, 5.74) is 1.06. The van der Waals surface area contributed by atoms with Gasteiger partial charge in [-0.05, 0) is 47.8 Å². The van der Waals surface area contributed by atoms with Crippen molar-refractivity contribution in [3.8, 4) is 0 Å². The highest BCUT2D eigenvalue weighted by Gasteiger charge is 2.42. The monoisotopic (exact) mass is 813 g/mol. The number of thioether (sulfide) groups is 1. The van der Waals surface area contributed by atoms with Crippen LogP contribution in [-0.2, 0) is 20.9 Å². The predicted molar refractivity (Wildman–Crippen MR) is 208 cm³/mol. The van der Waals surface area contributed by atoms with Crippen molar-refractivity contribution < 1.29 is 38.4 Å². The molecule has 0 spiro atoms. The summed E-state index contributed by atoms with van der Waals surface area (Å²) in [4.78, 5) is 72.7. The van der Waals surface area contributed by atoms with Crippen molar-refractivity contribution in [2.45, 2.75) is 75.9 Å². The Labute approximate surface area is 331 Å². The third-order valence-electron chi connectivity index (χ3n) is 9.62. The topological polar surface area (TPSA) is 278 Å². The molecule has 2 fully saturated rings. The van der Waals surface area contributed by atoms with E-state index in [0.717, 1.165) is 18.6 Å². The number of hydrogen-bond acceptors (Lipinski definition) is 15. The third-order valence-corrected chi connectivity index (χ3v) is 11.1. The second-order valence-electron chi connectivity index (χ2n) is 13.6. The van der Waals surface area contributed by atoms with Crippen molar-refractivity contribution in [1.82, 2.24) is 41.8 Å². The fourth-order valence-electron chi connectivity index (χ4n) is 6.69. The summed E-state index contributed by atoms with van der Waals surface area (Å²) in [6.45, 7) is 5.29. The Kier molecular flexibility index (Phi) is 15.2. The van der Waals surface area contributed by atoms with E-state index < -0.39 is 22.0 Å². The largest absolute Gasteiger partial charge is 0.441 e. The number of carbonyl (C=O) groups excluding carboxylic acids is 4. The zero-order valence-electron chi connectivity index (χ0n) is 31.6. The van der Waals surface area contributed by atoms with Crippen molar-refractivity contribution in [3.63, 3.8) is 0 Å². The van der Waals surface area contributed by atoms with Gasteiger partial charge in [0.05, 0.1) is 33.2 Å². The van der Waals surface area contributed by atoms with Crippen LogP contribution in [0.25, 0.3) is 11.0 Å². The van der Waals surface area contributed by atoms with Gasteiger partial charge < -0.3 is 36.6 Å². The van der Waals surface area contributed by atoms with E-state index >= 15 is 0 Å². The van der Waals surface area contributed by atoms with Gasteiger partial charge in [0.15, 0.2) is 5.52 Å². The number of nitrogens with zero attached hydrogens (tertiary/aromatic N) is 5. The molecule has 3 heterocycles. The minimum absolute atomic E-state index is 0.00441. The minimum Gasteiger partial charge on any atom is -0.441 e. The number of non-ortho nitro benzene ring substituents is 1. The summed E-state index contributed by atoms with van der Waals surface area (Å²) in [7, 11) is 0. The molecule has 0 bridgehead atoms. The van der Waals surface area contributed by atoms with Gasteiger partial charge in [-0.1, -0.05) is 19.4 Å². The maximum atomic E-state index is 12.8. The molecule has 6 N–H and O–H groups in total. The number of aromatic nitrogens is 2. The molecule has 2 aliphatic rings. The molecule has 0 saturated carbocycles. The summed E-state index contributed by atoms with van der Waals surface area (Å²) < 4.78 is 10.2. The number of nitro benzene ring substituents is 2. The minimum atomic E-state index is -0.993. The van der Waals surface area contributed by atoms with Crippen LogP contribution in [0.3, 0.4) is 0 Å². The van der Waals surface area contributed by atoms with Crippen LogP contribution >= 0.6 is 11.8 Å². The number of nitrogens with one attached hydrogen (secondary N) is 6. The summed E-state index contributed by atoms with van der Waals surface area (Å²) >= 11 is 1.84. The first-order valence-corrected chi connectivity index (χ1v) is 19.8. The van der Waals surface area contributed by atoms with Crippen LogP contribution in [0.4, 0.5) is 26.7 Å². The lowest BCUT2D eigenvalue weighted by atomic mass is 10.0. The van der Waals surface area contributed by atoms with Crippen LogP contribution in [0.15, 0.2) is 35.0 Å². The number of ether oxygens (including phenoxy) is 1. The van der Waals surface area contributed by atoms with E-state index in [2.05, 4.69) is 42.2 Å². The van der Waals surface area contributed by atoms with Crippen molar-refractivity contribution in [2.24, 2.45) is 0 Å². The SMILES string of the molecule is CCC(=O)NCCNC(=O)OC(C)c1cc(CN(CCNC(=O)CCCCC2SCC3NC(=O)NC32)CCNc2ccc([N+](=O)[O-])c3nonc23)ccc1[N+](=O)[O-]. The Morgan fingerprint density at radius 3 is 2.46 bits per heavy atom. The van der Waals surface area contributed by atoms with Crippen molar-refractivity contribution in [2.75, 3.05) is 50.3 Å². The van der Waals surface area contributed by atoms with Crippen LogP contribution in [-0.4, -0.2) is 111 Å². The van der Waals surface area contributed by atoms with Gasteiger partial charge in [-0.3, -0.25) is 34.7 Å². The molecule has 0 radical (unpaired) electrons. The van der Waals surface area contributed by atoms with Crippen LogP contribution in [0, 0.1) is 20.2 Å². The summed E-state index contributed by atoms with van der Waals surface area (Å²) in [6, 6.07) is 7.55. The average Bonchev–Trinajstić information content (AvgIpc) is 3.91. The second-order valence-corrected chi connectivity index (χ2v) is 14.9. The van der Waals surface area contributed by atoms with Gasteiger partial charge >= 0.3 is 17.8 Å². The first kappa shape index (κ1) is 42.4. The lowest BCUT2D eigenvalue weighted by molar-refractivity contribution is -0.386. The molecule has 22 heteroatoms. The Bertz CT molecular complexity index is 1930. The van der Waals surface area contributed by atoms with Gasteiger partial charge in [-0.25, -0.2) is 14.2 Å². The lowest BCUT2D eigenvalue weighted by Gasteiger charge is -2.24. The molecule has 5 rings (SSSR count). The zero-order valence-corrected chi connectivity index (χ0v) is 32.4. The predicted octanol–water partition coefficient (Wildman–Crippen LogP) is 3.11. The molecule has 2 aliphatic heterocycles. The van der Waals surface area contributed by atoms with Gasteiger partial charge in [-0.2, -0.15) is 11.8 Å². The van der Waals surface area contributed by atoms with Crippen LogP contribution < -0.4 is 31.9 Å². The highest BCUT2D eigenvalue weighted by Crippen LogP contribution is 2.33. The van der Waals surface area contributed by atoms with E-state index in [1.54, 1.807) is 19.1 Å². The smallest absolute Gasteiger partial charge is 0.407 e. The number of fused-ring (bicyclic) bond motifs is 2. The molecule has 5 amide bonds. The molecule has 2 aromatic carbocycles. The first-order chi connectivity index (χ1) is 27.4. The quantitative estimate of drug-likeness (QED) is 0.0368. The van der Waals surface area contributed by atoms with Gasteiger partial charge in [0.1, 0.15) is 6.10 Å². The number of unbranched alkanes of at least 4 members (excludes halogenated alkanes) is 1. The number of benzene rings is 2. The molecule has 4 atom stereocenters. The number of hydrogen-bond donors (Lipinski definition) is 6. The zero-order chi connectivity index (χ0) is 40.9. The Hall–Kier alpha value is -5.77. The molecule has 1 aromatic heterocycles. The highest BCUT2D eigenvalue weighted by molar-refractivity contribution is 8.00. The number of urea groups is 1. The maximum Gasteiger partial charge on any atom is 0.407 e. The van der Waals surface area contributed by atoms with E-state index in [0.29, 0.717) is 68.5 Å². The lowest BCUT2D eigenvalue weighted by Crippen LogP contribution is -2.37. The summed E-state index contributed by atoms with van der Waals surface area (Å²) in [5, 5.41) is 48.5. The number of nitro groups is 2. The van der Waals surface area contributed by atoms with Crippen LogP contribution in [0.1, 0.15) is 63.2 Å². The second kappa shape index (κ2) is 20.4. The van der Waals surface area contributed by atoms with Crippen LogP contribution in [0.5, 0.6) is 0 Å². The van der Waals surface area contributed by atoms with Crippen molar-refractivity contribution in [1.29, 1.82) is 0 Å². The van der Waals surface area contributed by atoms with E-state index in [4.69, 9.17) is 9.37 Å². The van der Waals surface area contributed by atoms with Gasteiger partial charge in [0.25, 0.3) is 5.69 Å². The Morgan fingerprint density at radius 1 is 0.965 bits per heavy atom. The molecular formula is C35H47N11O10S. The molecule has 308 valence electrons. The van der Waals surface area contributed by atoms with E-state index in [1.807, 2.05) is 16.7 Å². The third kappa shape index (κ3) is 11.9. The van der Waals surface area contributed by atoms with Crippen LogP contribution in [0.2, 0.25) is 0 Å². The Balaban J connectivity index is 1.19. The molecule has 4 unspecified atom stereocenters. The Morgan fingerprint density at radius 2 is 1.68 bits per heavy atom. The number of anilines is 1. The fraction of sp³-hybridized carbons (Fsp3) is 0.543. The van der Waals surface area contributed by atoms with E-state index in [1.165, 1.54) is 25.1 Å². The molecule has 21 nitrogen and oxygen atoms in total. The van der Waals surface area contributed by atoms with Gasteiger partial charge in [0.2, 0.25) is 17.3 Å². The van der Waals surface area contributed by atoms with E-state index in [-0.39, 0.29) is 71.0 Å². The maximum absolute atomic E-state index is 12.8. The standard InChI is InChI=1S/C35H47N11O10S/c1-3-29(47)37-12-13-39-35(50)55-21(2)23-18-22(8-10-26(23)45(51)52)19-44(16-14-36-24-9-11-27(46(53)54)33-32(24)42-56-43-33)17-15-38-30(48)7-5-4-6-28-31-25(20-57-28)40-34(49)41-31/h8-11,18,21,25,28,31,36H,3-7,12-17,19-20H2,1-2H3,(H,37,47)(H,38,48)(H,39,50)(H2,40,41,49). The fourth-order valence-corrected chi connectivity index (χ4v) is 8.23. The molecule has 57 heavy (non-hydrogen) atoms. The normalized spacial score (nSPS) is 17.7.